The number of rotatable bonds is 3. The second kappa shape index (κ2) is 6.72. The van der Waals surface area contributed by atoms with E-state index in [0.29, 0.717) is 13.0 Å². The minimum absolute atomic E-state index is 0.156. The summed E-state index contributed by atoms with van der Waals surface area (Å²) < 4.78 is 22.4. The van der Waals surface area contributed by atoms with Gasteiger partial charge in [-0.3, -0.25) is 0 Å². The molecule has 0 saturated carbocycles. The quantitative estimate of drug-likeness (QED) is 0.765. The van der Waals surface area contributed by atoms with E-state index < -0.39 is 42.2 Å². The zero-order valence-corrected chi connectivity index (χ0v) is 15.4. The highest BCUT2D eigenvalue weighted by molar-refractivity contribution is 5.68. The Morgan fingerprint density at radius 3 is 2.67 bits per heavy atom. The number of hydrogen-bond donors (Lipinski definition) is 2. The number of aliphatic hydroxyl groups is 2. The van der Waals surface area contributed by atoms with Gasteiger partial charge in [0.25, 0.3) is 0 Å². The van der Waals surface area contributed by atoms with Crippen molar-refractivity contribution in [2.24, 2.45) is 0 Å². The second-order valence-corrected chi connectivity index (χ2v) is 7.71. The molecule has 0 unspecified atom stereocenters. The Hall–Kier alpha value is -1.71. The molecule has 0 aliphatic carbocycles. The number of nitrogens with zero attached hydrogens (tertiary/aromatic N) is 1. The number of carbonyl (C=O) groups is 1. The van der Waals surface area contributed by atoms with E-state index in [-0.39, 0.29) is 6.61 Å². The number of hydrogen-bond acceptors (Lipinski definition) is 7. The van der Waals surface area contributed by atoms with Crippen LogP contribution in [0.25, 0.3) is 0 Å². The van der Waals surface area contributed by atoms with Crippen LogP contribution in [0.2, 0.25) is 0 Å². The van der Waals surface area contributed by atoms with Crippen molar-refractivity contribution >= 4 is 6.09 Å². The molecule has 3 aliphatic heterocycles. The summed E-state index contributed by atoms with van der Waals surface area (Å²) in [4.78, 5) is 14.1. The lowest BCUT2D eigenvalue weighted by atomic mass is 9.98. The van der Waals surface area contributed by atoms with Gasteiger partial charge in [-0.1, -0.05) is 30.3 Å². The first-order valence-electron chi connectivity index (χ1n) is 9.21. The molecule has 148 valence electrons. The molecule has 4 atom stereocenters. The molecule has 4 rings (SSSR count). The van der Waals surface area contributed by atoms with E-state index >= 15 is 0 Å². The van der Waals surface area contributed by atoms with Gasteiger partial charge in [-0.25, -0.2) is 4.79 Å². The van der Waals surface area contributed by atoms with Gasteiger partial charge in [0.2, 0.25) is 5.79 Å². The van der Waals surface area contributed by atoms with Gasteiger partial charge >= 0.3 is 6.09 Å². The number of likely N-dealkylation sites (tertiary alicyclic amines) is 1. The third-order valence-electron chi connectivity index (χ3n) is 5.26. The predicted molar refractivity (Wildman–Crippen MR) is 92.2 cm³/mol. The summed E-state index contributed by atoms with van der Waals surface area (Å²) >= 11 is 0. The second-order valence-electron chi connectivity index (χ2n) is 7.71. The van der Waals surface area contributed by atoms with Crippen LogP contribution in [0, 0.1) is 0 Å². The molecule has 1 aromatic rings. The molecule has 8 heteroatoms. The van der Waals surface area contributed by atoms with Crippen LogP contribution in [0.4, 0.5) is 4.79 Å². The summed E-state index contributed by atoms with van der Waals surface area (Å²) in [6.07, 6.45) is -2.14. The highest BCUT2D eigenvalue weighted by Gasteiger charge is 2.65. The molecule has 0 bridgehead atoms. The lowest BCUT2D eigenvalue weighted by Crippen LogP contribution is -2.56. The Morgan fingerprint density at radius 1 is 1.22 bits per heavy atom. The van der Waals surface area contributed by atoms with Gasteiger partial charge in [0.15, 0.2) is 18.2 Å². The molecule has 0 radical (unpaired) electrons. The van der Waals surface area contributed by atoms with Gasteiger partial charge in [0, 0.05) is 6.54 Å². The van der Waals surface area contributed by atoms with Crippen molar-refractivity contribution in [2.45, 2.75) is 69.4 Å². The van der Waals surface area contributed by atoms with Crippen LogP contribution in [-0.4, -0.2) is 63.9 Å². The Morgan fingerprint density at radius 2 is 1.96 bits per heavy atom. The standard InChI is InChI=1S/C19H25NO7/c1-18(2)26-15-16(27-18)25-14(19(15,22)23)13-9-6-10-20(13)17(21)24-11-12-7-4-3-5-8-12/h3-5,7-8,13-16,22-23H,6,9-11H2,1-2H3/t13-,14-,15+,16-/m1/s1. The Labute approximate surface area is 157 Å². The summed E-state index contributed by atoms with van der Waals surface area (Å²) in [6.45, 7) is 3.99. The normalized spacial score (nSPS) is 33.9. The van der Waals surface area contributed by atoms with Crippen molar-refractivity contribution in [1.29, 1.82) is 0 Å². The first-order valence-corrected chi connectivity index (χ1v) is 9.21. The molecule has 1 aromatic carbocycles. The third-order valence-corrected chi connectivity index (χ3v) is 5.26. The molecular formula is C19H25NO7. The van der Waals surface area contributed by atoms with Gasteiger partial charge in [0.1, 0.15) is 12.7 Å². The zero-order chi connectivity index (χ0) is 19.2. The topological polar surface area (TPSA) is 97.7 Å². The third kappa shape index (κ3) is 3.43. The van der Waals surface area contributed by atoms with Gasteiger partial charge in [-0.05, 0) is 32.3 Å². The fourth-order valence-corrected chi connectivity index (χ4v) is 4.03. The van der Waals surface area contributed by atoms with Crippen LogP contribution in [-0.2, 0) is 25.6 Å². The molecule has 2 N–H and O–H groups in total. The van der Waals surface area contributed by atoms with Crippen molar-refractivity contribution in [3.8, 4) is 0 Å². The minimum atomic E-state index is -2.26. The van der Waals surface area contributed by atoms with Crippen LogP contribution in [0.1, 0.15) is 32.3 Å². The van der Waals surface area contributed by atoms with Gasteiger partial charge in [-0.2, -0.15) is 0 Å². The lowest BCUT2D eigenvalue weighted by Gasteiger charge is -2.35. The summed E-state index contributed by atoms with van der Waals surface area (Å²) in [5.41, 5.74) is 0.885. The van der Waals surface area contributed by atoms with E-state index in [4.69, 9.17) is 18.9 Å². The summed E-state index contributed by atoms with van der Waals surface area (Å²) in [5, 5.41) is 21.3. The Kier molecular flexibility index (Phi) is 4.64. The highest BCUT2D eigenvalue weighted by Crippen LogP contribution is 2.44. The maximum Gasteiger partial charge on any atom is 0.410 e. The summed E-state index contributed by atoms with van der Waals surface area (Å²) in [5.74, 6) is -3.22. The molecule has 27 heavy (non-hydrogen) atoms. The summed E-state index contributed by atoms with van der Waals surface area (Å²) in [6, 6.07) is 8.87. The SMILES string of the molecule is CC1(C)O[C@H]2O[C@H]([C@H]3CCCN3C(=O)OCc3ccccc3)C(O)(O)[C@H]2O1. The minimum Gasteiger partial charge on any atom is -0.445 e. The summed E-state index contributed by atoms with van der Waals surface area (Å²) in [7, 11) is 0. The van der Waals surface area contributed by atoms with E-state index in [1.807, 2.05) is 30.3 Å². The molecule has 3 saturated heterocycles. The van der Waals surface area contributed by atoms with Crippen molar-refractivity contribution in [3.05, 3.63) is 35.9 Å². The van der Waals surface area contributed by atoms with Crippen molar-refractivity contribution in [1.82, 2.24) is 4.90 Å². The molecule has 3 aliphatic rings. The van der Waals surface area contributed by atoms with Crippen LogP contribution >= 0.6 is 0 Å². The fraction of sp³-hybridized carbons (Fsp3) is 0.632. The fourth-order valence-electron chi connectivity index (χ4n) is 4.03. The van der Waals surface area contributed by atoms with Crippen molar-refractivity contribution < 1.29 is 34.0 Å². The van der Waals surface area contributed by atoms with Crippen LogP contribution in [0.5, 0.6) is 0 Å². The Bertz CT molecular complexity index is 693. The molecule has 1 amide bonds. The van der Waals surface area contributed by atoms with E-state index in [1.165, 1.54) is 4.90 Å². The van der Waals surface area contributed by atoms with Crippen LogP contribution in [0.3, 0.4) is 0 Å². The predicted octanol–water partition coefficient (Wildman–Crippen LogP) is 1.34. The largest absolute Gasteiger partial charge is 0.445 e. The lowest BCUT2D eigenvalue weighted by molar-refractivity contribution is -0.287. The molecule has 3 heterocycles. The van der Waals surface area contributed by atoms with E-state index in [0.717, 1.165) is 12.0 Å². The maximum atomic E-state index is 12.6. The van der Waals surface area contributed by atoms with Crippen LogP contribution in [0.15, 0.2) is 30.3 Å². The highest BCUT2D eigenvalue weighted by atomic mass is 16.9. The smallest absolute Gasteiger partial charge is 0.410 e. The first-order chi connectivity index (χ1) is 12.8. The van der Waals surface area contributed by atoms with Crippen LogP contribution < -0.4 is 0 Å². The molecule has 0 spiro atoms. The zero-order valence-electron chi connectivity index (χ0n) is 15.4. The number of fused-ring (bicyclic) bond motifs is 1. The van der Waals surface area contributed by atoms with Crippen molar-refractivity contribution in [2.75, 3.05) is 6.54 Å². The van der Waals surface area contributed by atoms with Crippen molar-refractivity contribution in [3.63, 3.8) is 0 Å². The molecule has 3 fully saturated rings. The molecular weight excluding hydrogens is 354 g/mol. The number of benzene rings is 1. The first kappa shape index (κ1) is 18.6. The van der Waals surface area contributed by atoms with Gasteiger partial charge in [-0.15, -0.1) is 0 Å². The number of amides is 1. The van der Waals surface area contributed by atoms with E-state index in [9.17, 15) is 15.0 Å². The molecule has 0 aromatic heterocycles. The monoisotopic (exact) mass is 379 g/mol. The maximum absolute atomic E-state index is 12.6. The van der Waals surface area contributed by atoms with Gasteiger partial charge < -0.3 is 34.1 Å². The average molecular weight is 379 g/mol. The van der Waals surface area contributed by atoms with E-state index in [1.54, 1.807) is 13.8 Å². The Balaban J connectivity index is 1.43. The average Bonchev–Trinajstić information content (AvgIpc) is 3.27. The number of carbonyl (C=O) groups excluding carboxylic acids is 1. The van der Waals surface area contributed by atoms with E-state index in [2.05, 4.69) is 0 Å². The number of ether oxygens (including phenoxy) is 4. The van der Waals surface area contributed by atoms with Gasteiger partial charge in [0.05, 0.1) is 6.04 Å². The molecule has 8 nitrogen and oxygen atoms in total.